The van der Waals surface area contributed by atoms with Crippen LogP contribution in [-0.2, 0) is 16.6 Å². The van der Waals surface area contributed by atoms with Crippen molar-refractivity contribution in [2.75, 3.05) is 13.1 Å². The summed E-state index contributed by atoms with van der Waals surface area (Å²) in [6.45, 7) is 8.01. The summed E-state index contributed by atoms with van der Waals surface area (Å²) in [5, 5.41) is 0.155. The number of sulfonamides is 1. The predicted molar refractivity (Wildman–Crippen MR) is 89.4 cm³/mol. The maximum absolute atomic E-state index is 12.6. The Bertz CT molecular complexity index is 563. The summed E-state index contributed by atoms with van der Waals surface area (Å²) >= 11 is 0. The van der Waals surface area contributed by atoms with E-state index in [0.29, 0.717) is 24.9 Å². The second kappa shape index (κ2) is 7.77. The molecule has 8 heteroatoms. The van der Waals surface area contributed by atoms with Gasteiger partial charge in [-0.2, -0.15) is 4.31 Å². The van der Waals surface area contributed by atoms with Crippen molar-refractivity contribution in [1.82, 2.24) is 13.9 Å². The van der Waals surface area contributed by atoms with Gasteiger partial charge in [-0.3, -0.25) is 0 Å². The fourth-order valence-electron chi connectivity index (χ4n) is 2.77. The van der Waals surface area contributed by atoms with Crippen LogP contribution in [0.3, 0.4) is 0 Å². The van der Waals surface area contributed by atoms with Crippen molar-refractivity contribution >= 4 is 22.4 Å². The van der Waals surface area contributed by atoms with E-state index in [9.17, 15) is 8.42 Å². The SMILES string of the molecule is CC(C)Cn1cnc(S(=O)(=O)N2CCC(C(C)N)CC2)c1.Cl. The smallest absolute Gasteiger partial charge is 0.262 e. The van der Waals surface area contributed by atoms with E-state index in [1.54, 1.807) is 12.5 Å². The zero-order chi connectivity index (χ0) is 15.6. The molecular formula is C14H27ClN4O2S. The predicted octanol–water partition coefficient (Wildman–Crippen LogP) is 1.71. The van der Waals surface area contributed by atoms with E-state index < -0.39 is 10.0 Å². The third kappa shape index (κ3) is 4.44. The Morgan fingerprint density at radius 1 is 1.32 bits per heavy atom. The Balaban J connectivity index is 0.00000242. The van der Waals surface area contributed by atoms with Gasteiger partial charge in [0, 0.05) is 31.9 Å². The molecule has 2 heterocycles. The van der Waals surface area contributed by atoms with Crippen molar-refractivity contribution in [2.24, 2.45) is 17.6 Å². The van der Waals surface area contributed by atoms with E-state index >= 15 is 0 Å². The summed E-state index contributed by atoms with van der Waals surface area (Å²) in [5.74, 6) is 0.867. The number of nitrogens with zero attached hydrogens (tertiary/aromatic N) is 3. The number of nitrogens with two attached hydrogens (primary N) is 1. The molecule has 6 nitrogen and oxygen atoms in total. The average Bonchev–Trinajstić information content (AvgIpc) is 2.87. The Morgan fingerprint density at radius 2 is 1.91 bits per heavy atom. The van der Waals surface area contributed by atoms with E-state index in [2.05, 4.69) is 18.8 Å². The molecule has 1 aromatic heterocycles. The highest BCUT2D eigenvalue weighted by molar-refractivity contribution is 7.89. The van der Waals surface area contributed by atoms with Gasteiger partial charge >= 0.3 is 0 Å². The summed E-state index contributed by atoms with van der Waals surface area (Å²) in [5.41, 5.74) is 5.90. The van der Waals surface area contributed by atoms with Crippen molar-refractivity contribution in [2.45, 2.75) is 51.2 Å². The summed E-state index contributed by atoms with van der Waals surface area (Å²) < 4.78 is 28.5. The standard InChI is InChI=1S/C14H26N4O2S.ClH/c1-11(2)8-17-9-14(16-10-17)21(19,20)18-6-4-13(5-7-18)12(3)15;/h9-13H,4-8,15H2,1-3H3;1H. The van der Waals surface area contributed by atoms with Gasteiger partial charge in [0.25, 0.3) is 10.0 Å². The van der Waals surface area contributed by atoms with E-state index in [-0.39, 0.29) is 23.5 Å². The quantitative estimate of drug-likeness (QED) is 0.876. The van der Waals surface area contributed by atoms with Crippen molar-refractivity contribution in [3.63, 3.8) is 0 Å². The molecule has 22 heavy (non-hydrogen) atoms. The third-order valence-electron chi connectivity index (χ3n) is 4.03. The molecule has 1 aliphatic rings. The highest BCUT2D eigenvalue weighted by Gasteiger charge is 2.31. The molecule has 2 N–H and O–H groups in total. The molecule has 1 aromatic rings. The molecule has 1 saturated heterocycles. The van der Waals surface area contributed by atoms with Crippen LogP contribution in [0.1, 0.15) is 33.6 Å². The topological polar surface area (TPSA) is 81.2 Å². The van der Waals surface area contributed by atoms with Crippen LogP contribution in [0.15, 0.2) is 17.6 Å². The number of hydrogen-bond acceptors (Lipinski definition) is 4. The van der Waals surface area contributed by atoms with Gasteiger partial charge < -0.3 is 10.3 Å². The summed E-state index contributed by atoms with van der Waals surface area (Å²) in [6, 6.07) is 0.125. The van der Waals surface area contributed by atoms with Gasteiger partial charge in [0.1, 0.15) is 0 Å². The van der Waals surface area contributed by atoms with Crippen LogP contribution in [0.4, 0.5) is 0 Å². The van der Waals surface area contributed by atoms with E-state index in [4.69, 9.17) is 5.73 Å². The lowest BCUT2D eigenvalue weighted by molar-refractivity contribution is 0.250. The molecule has 1 aliphatic heterocycles. The van der Waals surface area contributed by atoms with Gasteiger partial charge in [0.15, 0.2) is 5.03 Å². The van der Waals surface area contributed by atoms with Crippen molar-refractivity contribution < 1.29 is 8.42 Å². The monoisotopic (exact) mass is 350 g/mol. The molecule has 0 radical (unpaired) electrons. The van der Waals surface area contributed by atoms with Gasteiger partial charge in [-0.25, -0.2) is 13.4 Å². The first-order chi connectivity index (χ1) is 9.80. The zero-order valence-corrected chi connectivity index (χ0v) is 15.1. The Morgan fingerprint density at radius 3 is 2.41 bits per heavy atom. The summed E-state index contributed by atoms with van der Waals surface area (Å²) in [6.07, 6.45) is 4.88. The first-order valence-corrected chi connectivity index (χ1v) is 9.02. The van der Waals surface area contributed by atoms with Gasteiger partial charge in [-0.05, 0) is 31.6 Å². The first kappa shape index (κ1) is 19.4. The molecule has 0 aliphatic carbocycles. The fraction of sp³-hybridized carbons (Fsp3) is 0.786. The minimum absolute atomic E-state index is 0. The van der Waals surface area contributed by atoms with Gasteiger partial charge in [0.2, 0.25) is 0 Å². The largest absolute Gasteiger partial charge is 0.336 e. The molecular weight excluding hydrogens is 324 g/mol. The number of hydrogen-bond donors (Lipinski definition) is 1. The number of aromatic nitrogens is 2. The van der Waals surface area contributed by atoms with Gasteiger partial charge in [-0.1, -0.05) is 13.8 Å². The Kier molecular flexibility index (Phi) is 6.85. The lowest BCUT2D eigenvalue weighted by Gasteiger charge is -2.32. The molecule has 0 amide bonds. The Labute approximate surface area is 139 Å². The highest BCUT2D eigenvalue weighted by Crippen LogP contribution is 2.24. The Hall–Kier alpha value is -0.630. The molecule has 128 valence electrons. The minimum Gasteiger partial charge on any atom is -0.336 e. The van der Waals surface area contributed by atoms with Crippen LogP contribution in [-0.4, -0.2) is 41.4 Å². The molecule has 0 spiro atoms. The van der Waals surface area contributed by atoms with Crippen LogP contribution >= 0.6 is 12.4 Å². The third-order valence-corrected chi connectivity index (χ3v) is 5.82. The number of rotatable bonds is 5. The summed E-state index contributed by atoms with van der Waals surface area (Å²) in [7, 11) is -3.47. The maximum atomic E-state index is 12.6. The average molecular weight is 351 g/mol. The number of imidazole rings is 1. The van der Waals surface area contributed by atoms with Gasteiger partial charge in [-0.15, -0.1) is 12.4 Å². The molecule has 2 rings (SSSR count). The molecule has 0 saturated carbocycles. The number of halogens is 1. The normalized spacial score (nSPS) is 19.1. The van der Waals surface area contributed by atoms with Crippen LogP contribution in [0.25, 0.3) is 0 Å². The lowest BCUT2D eigenvalue weighted by Crippen LogP contribution is -2.42. The van der Waals surface area contributed by atoms with Crippen LogP contribution in [0.2, 0.25) is 0 Å². The maximum Gasteiger partial charge on any atom is 0.262 e. The van der Waals surface area contributed by atoms with Crippen molar-refractivity contribution in [1.29, 1.82) is 0 Å². The lowest BCUT2D eigenvalue weighted by atomic mass is 9.92. The zero-order valence-electron chi connectivity index (χ0n) is 13.5. The molecule has 1 atom stereocenters. The van der Waals surface area contributed by atoms with Crippen molar-refractivity contribution in [3.05, 3.63) is 12.5 Å². The van der Waals surface area contributed by atoms with E-state index in [0.717, 1.165) is 19.4 Å². The van der Waals surface area contributed by atoms with Crippen LogP contribution in [0.5, 0.6) is 0 Å². The summed E-state index contributed by atoms with van der Waals surface area (Å²) in [4.78, 5) is 4.08. The molecule has 1 unspecified atom stereocenters. The molecule has 0 aromatic carbocycles. The number of piperidine rings is 1. The van der Waals surface area contributed by atoms with Gasteiger partial charge in [0.05, 0.1) is 6.33 Å². The van der Waals surface area contributed by atoms with E-state index in [1.165, 1.54) is 4.31 Å². The van der Waals surface area contributed by atoms with Crippen LogP contribution < -0.4 is 5.73 Å². The van der Waals surface area contributed by atoms with E-state index in [1.807, 2.05) is 11.5 Å². The molecule has 0 bridgehead atoms. The molecule has 1 fully saturated rings. The van der Waals surface area contributed by atoms with Crippen LogP contribution in [0, 0.1) is 11.8 Å². The fourth-order valence-corrected chi connectivity index (χ4v) is 4.17. The highest BCUT2D eigenvalue weighted by atomic mass is 35.5. The first-order valence-electron chi connectivity index (χ1n) is 7.58. The second-order valence-corrected chi connectivity index (χ2v) is 8.29. The minimum atomic E-state index is -3.47. The second-order valence-electron chi connectivity index (χ2n) is 6.40. The van der Waals surface area contributed by atoms with Crippen molar-refractivity contribution in [3.8, 4) is 0 Å².